The summed E-state index contributed by atoms with van der Waals surface area (Å²) in [5, 5.41) is 1.90. The van der Waals surface area contributed by atoms with Crippen molar-refractivity contribution < 1.29 is 19.1 Å². The van der Waals surface area contributed by atoms with Crippen LogP contribution in [0.2, 0.25) is 0 Å². The molecule has 0 spiro atoms. The van der Waals surface area contributed by atoms with Crippen LogP contribution in [-0.2, 0) is 11.2 Å². The second-order valence-corrected chi connectivity index (χ2v) is 6.98. The zero-order valence-corrected chi connectivity index (χ0v) is 15.9. The lowest BCUT2D eigenvalue weighted by molar-refractivity contribution is -0.115. The predicted octanol–water partition coefficient (Wildman–Crippen LogP) is 4.42. The third-order valence-electron chi connectivity index (χ3n) is 3.98. The predicted molar refractivity (Wildman–Crippen MR) is 107 cm³/mol. The van der Waals surface area contributed by atoms with E-state index in [0.29, 0.717) is 18.1 Å². The van der Waals surface area contributed by atoms with Gasteiger partial charge in [0.1, 0.15) is 11.5 Å². The fourth-order valence-electron chi connectivity index (χ4n) is 2.49. The minimum Gasteiger partial charge on any atom is -0.493 e. The number of nitrogens with one attached hydrogen (secondary N) is 1. The van der Waals surface area contributed by atoms with Crippen molar-refractivity contribution in [1.82, 2.24) is 5.32 Å². The molecule has 3 rings (SSSR count). The molecule has 1 heterocycles. The van der Waals surface area contributed by atoms with Crippen LogP contribution in [0.1, 0.15) is 24.5 Å². The Morgan fingerprint density at radius 1 is 0.926 bits per heavy atom. The van der Waals surface area contributed by atoms with Gasteiger partial charge in [0.15, 0.2) is 0 Å². The molecule has 0 saturated carbocycles. The summed E-state index contributed by atoms with van der Waals surface area (Å²) in [5.41, 5.74) is 2.14. The Bertz CT molecular complexity index is 828. The molecule has 27 heavy (non-hydrogen) atoms. The van der Waals surface area contributed by atoms with Crippen molar-refractivity contribution in [3.05, 3.63) is 64.6 Å². The number of carbonyl (C=O) groups excluding carboxylic acids is 2. The SMILES string of the molecule is CCc1ccc(OCCCOc2ccc(/C=C3\SC(=O)NC3=O)cc2)cc1. The molecule has 0 aliphatic carbocycles. The summed E-state index contributed by atoms with van der Waals surface area (Å²) in [5.74, 6) is 1.27. The molecule has 0 unspecified atom stereocenters. The first-order valence-electron chi connectivity index (χ1n) is 8.83. The van der Waals surface area contributed by atoms with E-state index in [-0.39, 0.29) is 11.1 Å². The summed E-state index contributed by atoms with van der Waals surface area (Å²) in [6.45, 7) is 3.28. The van der Waals surface area contributed by atoms with Crippen LogP contribution in [0.25, 0.3) is 6.08 Å². The first-order valence-corrected chi connectivity index (χ1v) is 9.65. The van der Waals surface area contributed by atoms with Gasteiger partial charge in [-0.2, -0.15) is 0 Å². The molecule has 2 aromatic rings. The van der Waals surface area contributed by atoms with Crippen molar-refractivity contribution in [2.75, 3.05) is 13.2 Å². The van der Waals surface area contributed by atoms with Gasteiger partial charge in [-0.25, -0.2) is 0 Å². The third kappa shape index (κ3) is 5.62. The summed E-state index contributed by atoms with van der Waals surface area (Å²) < 4.78 is 11.4. The van der Waals surface area contributed by atoms with Gasteiger partial charge in [-0.1, -0.05) is 31.2 Å². The molecule has 140 valence electrons. The van der Waals surface area contributed by atoms with Gasteiger partial charge >= 0.3 is 0 Å². The van der Waals surface area contributed by atoms with E-state index in [4.69, 9.17) is 9.47 Å². The van der Waals surface area contributed by atoms with E-state index in [1.165, 1.54) is 5.56 Å². The number of aryl methyl sites for hydroxylation is 1. The maximum atomic E-state index is 11.5. The van der Waals surface area contributed by atoms with Crippen LogP contribution in [0.4, 0.5) is 4.79 Å². The number of rotatable bonds is 8. The highest BCUT2D eigenvalue weighted by Gasteiger charge is 2.24. The van der Waals surface area contributed by atoms with Gasteiger partial charge in [0.05, 0.1) is 18.1 Å². The molecular weight excluding hydrogens is 362 g/mol. The third-order valence-corrected chi connectivity index (χ3v) is 4.79. The minimum atomic E-state index is -0.352. The monoisotopic (exact) mass is 383 g/mol. The van der Waals surface area contributed by atoms with E-state index in [1.807, 2.05) is 36.4 Å². The smallest absolute Gasteiger partial charge is 0.290 e. The Hall–Kier alpha value is -2.73. The summed E-state index contributed by atoms with van der Waals surface area (Å²) >= 11 is 0.909. The van der Waals surface area contributed by atoms with E-state index in [2.05, 4.69) is 24.4 Å². The molecule has 1 aliphatic rings. The van der Waals surface area contributed by atoms with Crippen molar-refractivity contribution in [3.8, 4) is 11.5 Å². The number of ether oxygens (including phenoxy) is 2. The minimum absolute atomic E-state index is 0.338. The van der Waals surface area contributed by atoms with Crippen LogP contribution >= 0.6 is 11.8 Å². The van der Waals surface area contributed by atoms with Crippen LogP contribution in [0.5, 0.6) is 11.5 Å². The number of benzene rings is 2. The van der Waals surface area contributed by atoms with Crippen LogP contribution < -0.4 is 14.8 Å². The van der Waals surface area contributed by atoms with E-state index < -0.39 is 0 Å². The number of hydrogen-bond donors (Lipinski definition) is 1. The highest BCUT2D eigenvalue weighted by molar-refractivity contribution is 8.18. The molecule has 0 aromatic heterocycles. The van der Waals surface area contributed by atoms with Gasteiger partial charge in [-0.15, -0.1) is 0 Å². The van der Waals surface area contributed by atoms with E-state index >= 15 is 0 Å². The van der Waals surface area contributed by atoms with Gasteiger partial charge in [0.2, 0.25) is 0 Å². The van der Waals surface area contributed by atoms with E-state index in [1.54, 1.807) is 6.08 Å². The number of carbonyl (C=O) groups is 2. The van der Waals surface area contributed by atoms with Crippen LogP contribution in [0.15, 0.2) is 53.4 Å². The Labute approximate surface area is 162 Å². The fraction of sp³-hybridized carbons (Fsp3) is 0.238. The normalized spacial score (nSPS) is 15.1. The molecular formula is C21H21NO4S. The van der Waals surface area contributed by atoms with Crippen molar-refractivity contribution >= 4 is 29.0 Å². The summed E-state index contributed by atoms with van der Waals surface area (Å²) in [4.78, 5) is 23.1. The van der Waals surface area contributed by atoms with Crippen LogP contribution in [0.3, 0.4) is 0 Å². The first kappa shape index (κ1) is 19.0. The topological polar surface area (TPSA) is 64.6 Å². The van der Waals surface area contributed by atoms with E-state index in [0.717, 1.165) is 41.7 Å². The Balaban J connectivity index is 1.40. The maximum absolute atomic E-state index is 11.5. The van der Waals surface area contributed by atoms with Gasteiger partial charge in [0.25, 0.3) is 11.1 Å². The summed E-state index contributed by atoms with van der Waals surface area (Å²) in [6, 6.07) is 15.5. The number of imide groups is 1. The van der Waals surface area contributed by atoms with Crippen molar-refractivity contribution in [2.24, 2.45) is 0 Å². The Morgan fingerprint density at radius 3 is 2.04 bits per heavy atom. The van der Waals surface area contributed by atoms with E-state index in [9.17, 15) is 9.59 Å². The number of hydrogen-bond acceptors (Lipinski definition) is 5. The van der Waals surface area contributed by atoms with Crippen molar-refractivity contribution in [3.63, 3.8) is 0 Å². The quantitative estimate of drug-likeness (QED) is 0.540. The lowest BCUT2D eigenvalue weighted by Gasteiger charge is -2.08. The molecule has 0 atom stereocenters. The maximum Gasteiger partial charge on any atom is 0.290 e. The highest BCUT2D eigenvalue weighted by Crippen LogP contribution is 2.26. The molecule has 0 bridgehead atoms. The van der Waals surface area contributed by atoms with Gasteiger partial charge in [-0.05, 0) is 59.7 Å². The lowest BCUT2D eigenvalue weighted by Crippen LogP contribution is -2.17. The Morgan fingerprint density at radius 2 is 1.52 bits per heavy atom. The highest BCUT2D eigenvalue weighted by atomic mass is 32.2. The molecule has 2 amide bonds. The second kappa shape index (κ2) is 9.28. The largest absolute Gasteiger partial charge is 0.493 e. The molecule has 5 nitrogen and oxygen atoms in total. The van der Waals surface area contributed by atoms with Crippen LogP contribution in [0, 0.1) is 0 Å². The molecule has 2 aromatic carbocycles. The van der Waals surface area contributed by atoms with Crippen molar-refractivity contribution in [1.29, 1.82) is 0 Å². The van der Waals surface area contributed by atoms with Crippen molar-refractivity contribution in [2.45, 2.75) is 19.8 Å². The van der Waals surface area contributed by atoms with Gasteiger partial charge in [0, 0.05) is 6.42 Å². The average molecular weight is 383 g/mol. The summed E-state index contributed by atoms with van der Waals surface area (Å²) in [6.07, 6.45) is 3.49. The molecule has 1 fully saturated rings. The molecule has 1 N–H and O–H groups in total. The van der Waals surface area contributed by atoms with Gasteiger partial charge in [-0.3, -0.25) is 14.9 Å². The molecule has 6 heteroatoms. The Kier molecular flexibility index (Phi) is 6.54. The standard InChI is InChI=1S/C21H21NO4S/c1-2-15-4-8-17(9-5-15)25-12-3-13-26-18-10-6-16(7-11-18)14-19-20(23)22-21(24)27-19/h4-11,14H,2-3,12-13H2,1H3,(H,22,23,24)/b19-14-. The average Bonchev–Trinajstić information content (AvgIpc) is 3.00. The first-order chi connectivity index (χ1) is 13.1. The van der Waals surface area contributed by atoms with Crippen LogP contribution in [-0.4, -0.2) is 24.4 Å². The zero-order valence-electron chi connectivity index (χ0n) is 15.1. The van der Waals surface area contributed by atoms with Gasteiger partial charge < -0.3 is 9.47 Å². The fourth-order valence-corrected chi connectivity index (χ4v) is 3.18. The molecule has 0 radical (unpaired) electrons. The number of thioether (sulfide) groups is 1. The zero-order chi connectivity index (χ0) is 19.1. The second-order valence-electron chi connectivity index (χ2n) is 5.97. The summed E-state index contributed by atoms with van der Waals surface area (Å²) in [7, 11) is 0. The number of amides is 2. The molecule has 1 saturated heterocycles. The molecule has 1 aliphatic heterocycles. The lowest BCUT2D eigenvalue weighted by atomic mass is 10.2.